The molecular formula is C23H40IN5O3. The molecule has 0 spiro atoms. The highest BCUT2D eigenvalue weighted by Gasteiger charge is 2.28. The van der Waals surface area contributed by atoms with E-state index in [0.29, 0.717) is 5.69 Å². The number of nitrogens with one attached hydrogen (secondary N) is 3. The minimum atomic E-state index is -0.514. The van der Waals surface area contributed by atoms with Crippen molar-refractivity contribution in [3.8, 4) is 0 Å². The summed E-state index contributed by atoms with van der Waals surface area (Å²) in [4.78, 5) is 18.6. The van der Waals surface area contributed by atoms with E-state index in [4.69, 9.17) is 9.47 Å². The molecule has 0 saturated carbocycles. The molecule has 1 saturated heterocycles. The van der Waals surface area contributed by atoms with Crippen LogP contribution in [0.2, 0.25) is 0 Å². The van der Waals surface area contributed by atoms with Gasteiger partial charge in [0.05, 0.1) is 13.2 Å². The average molecular weight is 562 g/mol. The van der Waals surface area contributed by atoms with E-state index in [1.54, 1.807) is 7.05 Å². The van der Waals surface area contributed by atoms with Crippen molar-refractivity contribution in [2.75, 3.05) is 51.8 Å². The topological polar surface area (TPSA) is 87.2 Å². The number of hydrogen-bond donors (Lipinski definition) is 3. The van der Waals surface area contributed by atoms with Crippen molar-refractivity contribution in [1.29, 1.82) is 0 Å². The molecule has 0 aromatic heterocycles. The minimum absolute atomic E-state index is 0. The first-order valence-electron chi connectivity index (χ1n) is 11.0. The molecule has 0 atom stereocenters. The molecule has 1 aromatic carbocycles. The van der Waals surface area contributed by atoms with Crippen LogP contribution in [-0.2, 0) is 15.9 Å². The quantitative estimate of drug-likeness (QED) is 0.269. The van der Waals surface area contributed by atoms with Crippen LogP contribution in [0.15, 0.2) is 29.3 Å². The van der Waals surface area contributed by atoms with Crippen molar-refractivity contribution < 1.29 is 14.3 Å². The fourth-order valence-electron chi connectivity index (χ4n) is 3.30. The number of halogens is 1. The Hall–Kier alpha value is -1.59. The molecule has 3 N–H and O–H groups in total. The summed E-state index contributed by atoms with van der Waals surface area (Å²) in [6.45, 7) is 15.1. The molecule has 182 valence electrons. The van der Waals surface area contributed by atoms with Crippen LogP contribution in [-0.4, -0.2) is 74.5 Å². The summed E-state index contributed by atoms with van der Waals surface area (Å²) in [5.74, 6) is 0.796. The van der Waals surface area contributed by atoms with Gasteiger partial charge in [0, 0.05) is 44.5 Å². The molecular weight excluding hydrogens is 521 g/mol. The molecule has 1 fully saturated rings. The first-order chi connectivity index (χ1) is 14.6. The standard InChI is InChI=1S/C23H39N5O3.HI/c1-22(2,3)31-21(29)27-19-9-7-18(8-10-19)11-12-25-20(24-6)26-17-23(4,5)28-13-15-30-16-14-28;/h7-10H,11-17H2,1-6H3,(H,27,29)(H2,24,25,26);1H. The lowest BCUT2D eigenvalue weighted by Gasteiger charge is -2.41. The molecule has 1 aromatic rings. The molecule has 0 aliphatic carbocycles. The lowest BCUT2D eigenvalue weighted by atomic mass is 10.0. The molecule has 0 unspecified atom stereocenters. The Kier molecular flexibility index (Phi) is 11.7. The molecule has 0 bridgehead atoms. The number of carbonyl (C=O) groups is 1. The Labute approximate surface area is 209 Å². The van der Waals surface area contributed by atoms with E-state index in [-0.39, 0.29) is 29.5 Å². The van der Waals surface area contributed by atoms with Gasteiger partial charge in [-0.15, -0.1) is 24.0 Å². The lowest BCUT2D eigenvalue weighted by molar-refractivity contribution is -0.00833. The summed E-state index contributed by atoms with van der Waals surface area (Å²) in [7, 11) is 1.79. The van der Waals surface area contributed by atoms with Gasteiger partial charge < -0.3 is 20.1 Å². The largest absolute Gasteiger partial charge is 0.444 e. The second kappa shape index (κ2) is 13.2. The number of nitrogens with zero attached hydrogens (tertiary/aromatic N) is 2. The summed E-state index contributed by atoms with van der Waals surface area (Å²) in [5.41, 5.74) is 1.40. The van der Waals surface area contributed by atoms with Gasteiger partial charge in [-0.2, -0.15) is 0 Å². The Morgan fingerprint density at radius 2 is 1.72 bits per heavy atom. The van der Waals surface area contributed by atoms with Crippen molar-refractivity contribution in [1.82, 2.24) is 15.5 Å². The van der Waals surface area contributed by atoms with Crippen molar-refractivity contribution in [3.05, 3.63) is 29.8 Å². The van der Waals surface area contributed by atoms with Crippen molar-refractivity contribution in [3.63, 3.8) is 0 Å². The smallest absolute Gasteiger partial charge is 0.412 e. The van der Waals surface area contributed by atoms with Crippen molar-refractivity contribution >= 4 is 41.7 Å². The van der Waals surface area contributed by atoms with Crippen LogP contribution in [0.3, 0.4) is 0 Å². The first-order valence-corrected chi connectivity index (χ1v) is 11.0. The van der Waals surface area contributed by atoms with E-state index in [1.165, 1.54) is 5.56 Å². The average Bonchev–Trinajstić information content (AvgIpc) is 2.71. The predicted molar refractivity (Wildman–Crippen MR) is 141 cm³/mol. The van der Waals surface area contributed by atoms with Gasteiger partial charge in [-0.3, -0.25) is 15.2 Å². The highest BCUT2D eigenvalue weighted by molar-refractivity contribution is 14.0. The van der Waals surface area contributed by atoms with Gasteiger partial charge in [-0.25, -0.2) is 4.79 Å². The van der Waals surface area contributed by atoms with E-state index in [2.05, 4.69) is 39.7 Å². The zero-order chi connectivity index (χ0) is 22.9. The van der Waals surface area contributed by atoms with Gasteiger partial charge in [0.2, 0.25) is 0 Å². The Morgan fingerprint density at radius 3 is 2.28 bits per heavy atom. The summed E-state index contributed by atoms with van der Waals surface area (Å²) >= 11 is 0. The monoisotopic (exact) mass is 561 g/mol. The number of anilines is 1. The van der Waals surface area contributed by atoms with Gasteiger partial charge in [0.1, 0.15) is 5.60 Å². The molecule has 1 aliphatic heterocycles. The molecule has 9 heteroatoms. The number of aliphatic imine (C=N–C) groups is 1. The number of guanidine groups is 1. The molecule has 1 heterocycles. The number of rotatable bonds is 7. The third-order valence-electron chi connectivity index (χ3n) is 5.08. The summed E-state index contributed by atoms with van der Waals surface area (Å²) in [6, 6.07) is 7.78. The van der Waals surface area contributed by atoms with Crippen LogP contribution < -0.4 is 16.0 Å². The lowest BCUT2D eigenvalue weighted by Crippen LogP contribution is -2.56. The van der Waals surface area contributed by atoms with Crippen molar-refractivity contribution in [2.24, 2.45) is 4.99 Å². The fraction of sp³-hybridized carbons (Fsp3) is 0.652. The molecule has 1 amide bonds. The zero-order valence-electron chi connectivity index (χ0n) is 20.3. The van der Waals surface area contributed by atoms with E-state index >= 15 is 0 Å². The second-order valence-electron chi connectivity index (χ2n) is 9.34. The molecule has 1 aliphatic rings. The number of morpholine rings is 1. The van der Waals surface area contributed by atoms with E-state index in [1.807, 2.05) is 45.0 Å². The summed E-state index contributed by atoms with van der Waals surface area (Å²) < 4.78 is 10.7. The minimum Gasteiger partial charge on any atom is -0.444 e. The fourth-order valence-corrected chi connectivity index (χ4v) is 3.30. The third kappa shape index (κ3) is 10.4. The van der Waals surface area contributed by atoms with E-state index in [9.17, 15) is 4.79 Å². The van der Waals surface area contributed by atoms with Crippen molar-refractivity contribution in [2.45, 2.75) is 52.2 Å². The highest BCUT2D eigenvalue weighted by atomic mass is 127. The Morgan fingerprint density at radius 1 is 1.09 bits per heavy atom. The van der Waals surface area contributed by atoms with Crippen LogP contribution in [0, 0.1) is 0 Å². The normalized spacial score (nSPS) is 15.5. The Bertz CT molecular complexity index is 726. The van der Waals surface area contributed by atoms with Crippen LogP contribution in [0.4, 0.5) is 10.5 Å². The number of benzene rings is 1. The van der Waals surface area contributed by atoms with Crippen LogP contribution in [0.1, 0.15) is 40.2 Å². The second-order valence-corrected chi connectivity index (χ2v) is 9.34. The number of carbonyl (C=O) groups excluding carboxylic acids is 1. The molecule has 2 rings (SSSR count). The Balaban J connectivity index is 0.00000512. The maximum absolute atomic E-state index is 11.9. The van der Waals surface area contributed by atoms with Gasteiger partial charge in [0.15, 0.2) is 5.96 Å². The predicted octanol–water partition coefficient (Wildman–Crippen LogP) is 3.47. The van der Waals surface area contributed by atoms with Crippen LogP contribution in [0.25, 0.3) is 0 Å². The third-order valence-corrected chi connectivity index (χ3v) is 5.08. The molecule has 0 radical (unpaired) electrons. The maximum Gasteiger partial charge on any atom is 0.412 e. The SMILES string of the molecule is CN=C(NCCc1ccc(NC(=O)OC(C)(C)C)cc1)NCC(C)(C)N1CCOCC1.I. The maximum atomic E-state index is 11.9. The molecule has 32 heavy (non-hydrogen) atoms. The van der Waals surface area contributed by atoms with Gasteiger partial charge >= 0.3 is 6.09 Å². The number of hydrogen-bond acceptors (Lipinski definition) is 5. The van der Waals surface area contributed by atoms with Gasteiger partial charge in [0.25, 0.3) is 0 Å². The number of ether oxygens (including phenoxy) is 2. The summed E-state index contributed by atoms with van der Waals surface area (Å²) in [6.07, 6.45) is 0.400. The zero-order valence-corrected chi connectivity index (χ0v) is 22.6. The van der Waals surface area contributed by atoms with Crippen LogP contribution >= 0.6 is 24.0 Å². The molecule has 8 nitrogen and oxygen atoms in total. The summed E-state index contributed by atoms with van der Waals surface area (Å²) in [5, 5.41) is 9.56. The van der Waals surface area contributed by atoms with Gasteiger partial charge in [-0.1, -0.05) is 12.1 Å². The van der Waals surface area contributed by atoms with Gasteiger partial charge in [-0.05, 0) is 58.7 Å². The van der Waals surface area contributed by atoms with Crippen LogP contribution in [0.5, 0.6) is 0 Å². The number of amides is 1. The first kappa shape index (κ1) is 28.4. The van der Waals surface area contributed by atoms with E-state index < -0.39 is 11.7 Å². The van der Waals surface area contributed by atoms with E-state index in [0.717, 1.165) is 51.8 Å². The highest BCUT2D eigenvalue weighted by Crippen LogP contribution is 2.15.